The van der Waals surface area contributed by atoms with Crippen LogP contribution in [0.2, 0.25) is 5.02 Å². The Morgan fingerprint density at radius 2 is 1.14 bits per heavy atom. The van der Waals surface area contributed by atoms with E-state index in [4.69, 9.17) is 11.6 Å². The number of thiophene rings is 1. The number of hydrogen-bond donors (Lipinski definition) is 0. The number of rotatable bonds is 6. The van der Waals surface area contributed by atoms with Crippen LogP contribution in [0.3, 0.4) is 0 Å². The van der Waals surface area contributed by atoms with Crippen molar-refractivity contribution in [2.24, 2.45) is 0 Å². The van der Waals surface area contributed by atoms with Crippen LogP contribution in [0, 0.1) is 0 Å². The van der Waals surface area contributed by atoms with Crippen molar-refractivity contribution in [1.82, 2.24) is 0 Å². The predicted molar refractivity (Wildman–Crippen MR) is 210 cm³/mol. The molecule has 2 nitrogen and oxygen atoms in total. The molecule has 1 amide bonds. The fraction of sp³-hybridized carbons (Fsp3) is 0.152. The van der Waals surface area contributed by atoms with E-state index < -0.39 is 16.4 Å². The number of carbonyl (C=O) groups excluding carboxylic acids is 1. The molecule has 0 spiro atoms. The van der Waals surface area contributed by atoms with E-state index in [-0.39, 0.29) is 5.91 Å². The van der Waals surface area contributed by atoms with E-state index in [9.17, 15) is 4.79 Å². The summed E-state index contributed by atoms with van der Waals surface area (Å²) in [6, 6.07) is 58.0. The van der Waals surface area contributed by atoms with Crippen molar-refractivity contribution in [2.75, 3.05) is 4.90 Å². The fourth-order valence-corrected chi connectivity index (χ4v) is 9.98. The average molecular weight is 688 g/mol. The summed E-state index contributed by atoms with van der Waals surface area (Å²) in [6.07, 6.45) is 0.726. The van der Waals surface area contributed by atoms with Gasteiger partial charge in [-0.2, -0.15) is 0 Å². The molecule has 0 N–H and O–H groups in total. The van der Waals surface area contributed by atoms with Gasteiger partial charge >= 0.3 is 0 Å². The summed E-state index contributed by atoms with van der Waals surface area (Å²) in [5.41, 5.74) is 6.41. The molecule has 8 rings (SSSR count). The SMILES string of the molecule is CC1(C)C[C@](C)(c2ccccc2)c2cc(C(c3ccccc3)(c3ccccc3)c3ccccc3)ccc2N1C(=O)c1sc2ccccc2c1Cl. The van der Waals surface area contributed by atoms with Gasteiger partial charge in [0.05, 0.1) is 10.4 Å². The van der Waals surface area contributed by atoms with E-state index in [1.807, 2.05) is 29.2 Å². The minimum atomic E-state index is -0.618. The maximum atomic E-state index is 14.9. The number of amides is 1. The van der Waals surface area contributed by atoms with Crippen LogP contribution in [0.15, 0.2) is 164 Å². The van der Waals surface area contributed by atoms with Gasteiger partial charge in [0.2, 0.25) is 0 Å². The van der Waals surface area contributed by atoms with E-state index in [1.54, 1.807) is 0 Å². The second-order valence-corrected chi connectivity index (χ2v) is 15.6. The summed E-state index contributed by atoms with van der Waals surface area (Å²) in [5.74, 6) is -0.0641. The third kappa shape index (κ3) is 5.02. The van der Waals surface area contributed by atoms with Gasteiger partial charge in [0, 0.05) is 26.7 Å². The molecule has 0 fully saturated rings. The lowest BCUT2D eigenvalue weighted by Crippen LogP contribution is -2.56. The summed E-state index contributed by atoms with van der Waals surface area (Å²) in [4.78, 5) is 17.5. The van der Waals surface area contributed by atoms with E-state index in [1.165, 1.54) is 33.6 Å². The van der Waals surface area contributed by atoms with E-state index in [2.05, 4.69) is 160 Å². The van der Waals surface area contributed by atoms with Gasteiger partial charge in [-0.15, -0.1) is 11.3 Å². The zero-order valence-electron chi connectivity index (χ0n) is 28.4. The highest BCUT2D eigenvalue weighted by molar-refractivity contribution is 7.21. The maximum Gasteiger partial charge on any atom is 0.270 e. The molecular weight excluding hydrogens is 650 g/mol. The number of anilines is 1. The number of fused-ring (bicyclic) bond motifs is 2. The highest BCUT2D eigenvalue weighted by Crippen LogP contribution is 2.54. The number of hydrogen-bond acceptors (Lipinski definition) is 2. The quantitative estimate of drug-likeness (QED) is 0.159. The Morgan fingerprint density at radius 3 is 1.68 bits per heavy atom. The number of nitrogens with zero attached hydrogens (tertiary/aromatic N) is 1. The molecule has 1 aliphatic rings. The lowest BCUT2D eigenvalue weighted by molar-refractivity contribution is 0.0953. The summed E-state index contributed by atoms with van der Waals surface area (Å²) in [6.45, 7) is 6.72. The summed E-state index contributed by atoms with van der Waals surface area (Å²) in [7, 11) is 0. The van der Waals surface area contributed by atoms with Crippen LogP contribution in [0.4, 0.5) is 5.69 Å². The van der Waals surface area contributed by atoms with Crippen molar-refractivity contribution in [3.8, 4) is 0 Å². The lowest BCUT2D eigenvalue weighted by atomic mass is 9.61. The fourth-order valence-electron chi connectivity index (χ4n) is 8.54. The molecule has 1 aromatic heterocycles. The van der Waals surface area contributed by atoms with Crippen LogP contribution < -0.4 is 4.90 Å². The average Bonchev–Trinajstić information content (AvgIpc) is 3.49. The van der Waals surface area contributed by atoms with Crippen molar-refractivity contribution in [3.05, 3.63) is 207 Å². The van der Waals surface area contributed by atoms with E-state index >= 15 is 0 Å². The maximum absolute atomic E-state index is 14.9. The summed E-state index contributed by atoms with van der Waals surface area (Å²) < 4.78 is 1.01. The molecule has 6 aromatic carbocycles. The first-order chi connectivity index (χ1) is 24.2. The van der Waals surface area contributed by atoms with Crippen LogP contribution in [0.1, 0.15) is 70.2 Å². The molecule has 1 aliphatic heterocycles. The Kier molecular flexibility index (Phi) is 8.01. The van der Waals surface area contributed by atoms with Crippen molar-refractivity contribution in [1.29, 1.82) is 0 Å². The molecule has 246 valence electrons. The van der Waals surface area contributed by atoms with Crippen LogP contribution in [-0.2, 0) is 10.8 Å². The molecule has 2 heterocycles. The van der Waals surface area contributed by atoms with Gasteiger partial charge in [-0.1, -0.05) is 170 Å². The number of carbonyl (C=O) groups is 1. The number of halogens is 1. The molecule has 0 radical (unpaired) electrons. The van der Waals surface area contributed by atoms with Gasteiger partial charge in [0.15, 0.2) is 0 Å². The normalized spacial score (nSPS) is 17.0. The lowest BCUT2D eigenvalue weighted by Gasteiger charge is -2.52. The molecule has 0 saturated heterocycles. The van der Waals surface area contributed by atoms with Gasteiger partial charge in [0.1, 0.15) is 4.88 Å². The van der Waals surface area contributed by atoms with Crippen LogP contribution in [-0.4, -0.2) is 11.4 Å². The molecule has 50 heavy (non-hydrogen) atoms. The van der Waals surface area contributed by atoms with Gasteiger partial charge in [-0.05, 0) is 65.8 Å². The molecule has 0 unspecified atom stereocenters. The summed E-state index contributed by atoms with van der Waals surface area (Å²) >= 11 is 8.47. The highest BCUT2D eigenvalue weighted by atomic mass is 35.5. The minimum Gasteiger partial charge on any atom is -0.302 e. The minimum absolute atomic E-state index is 0.0641. The molecular formula is C46H38ClNOS. The highest BCUT2D eigenvalue weighted by Gasteiger charge is 2.50. The van der Waals surface area contributed by atoms with Crippen molar-refractivity contribution in [2.45, 2.75) is 43.6 Å². The monoisotopic (exact) mass is 687 g/mol. The van der Waals surface area contributed by atoms with Gasteiger partial charge in [0.25, 0.3) is 5.91 Å². The molecule has 7 aromatic rings. The van der Waals surface area contributed by atoms with Gasteiger partial charge in [-0.25, -0.2) is 0 Å². The molecule has 0 aliphatic carbocycles. The van der Waals surface area contributed by atoms with E-state index in [0.29, 0.717) is 9.90 Å². The Morgan fingerprint density at radius 1 is 0.640 bits per heavy atom. The largest absolute Gasteiger partial charge is 0.302 e. The van der Waals surface area contributed by atoms with E-state index in [0.717, 1.165) is 33.3 Å². The number of benzene rings is 6. The zero-order chi connectivity index (χ0) is 34.5. The summed E-state index contributed by atoms with van der Waals surface area (Å²) in [5, 5.41) is 1.44. The third-order valence-electron chi connectivity index (χ3n) is 10.6. The second kappa shape index (κ2) is 12.4. The van der Waals surface area contributed by atoms with Gasteiger partial charge in [-0.3, -0.25) is 4.79 Å². The van der Waals surface area contributed by atoms with Crippen molar-refractivity contribution < 1.29 is 4.79 Å². The third-order valence-corrected chi connectivity index (χ3v) is 12.3. The molecule has 0 bridgehead atoms. The first kappa shape index (κ1) is 32.3. The van der Waals surface area contributed by atoms with Crippen molar-refractivity contribution >= 4 is 44.6 Å². The first-order valence-corrected chi connectivity index (χ1v) is 18.3. The Bertz CT molecular complexity index is 2220. The van der Waals surface area contributed by atoms with Crippen LogP contribution in [0.5, 0.6) is 0 Å². The van der Waals surface area contributed by atoms with Gasteiger partial charge < -0.3 is 4.90 Å². The zero-order valence-corrected chi connectivity index (χ0v) is 30.0. The molecule has 1 atom stereocenters. The first-order valence-electron chi connectivity index (χ1n) is 17.1. The second-order valence-electron chi connectivity index (χ2n) is 14.1. The van der Waals surface area contributed by atoms with Crippen LogP contribution >= 0.6 is 22.9 Å². The Hall–Kier alpha value is -4.96. The molecule has 0 saturated carbocycles. The molecule has 4 heteroatoms. The predicted octanol–water partition coefficient (Wildman–Crippen LogP) is 12.1. The smallest absolute Gasteiger partial charge is 0.270 e. The van der Waals surface area contributed by atoms with Crippen molar-refractivity contribution in [3.63, 3.8) is 0 Å². The van der Waals surface area contributed by atoms with Crippen LogP contribution in [0.25, 0.3) is 10.1 Å². The topological polar surface area (TPSA) is 20.3 Å². The standard InChI is InChI=1S/C46H38ClNOS/c1-44(2)31-45(3,32-18-8-4-9-19-32)38-30-36(28-29-39(38)48(44)43(49)42-41(47)37-26-16-17-27-40(37)50-42)46(33-20-10-5-11-21-33,34-22-12-6-13-23-34)35-24-14-7-15-25-35/h4-30H,31H2,1-3H3/t45-/m1/s1. The Balaban J connectivity index is 1.43. The Labute approximate surface area is 303 Å².